The Bertz CT molecular complexity index is 537. The van der Waals surface area contributed by atoms with Crippen LogP contribution < -0.4 is 4.74 Å². The summed E-state index contributed by atoms with van der Waals surface area (Å²) >= 11 is 0. The SMILES string of the molecule is CC1(C)CCc2cc(C3(N=C=O)CC3)ccc2O1. The highest BCUT2D eigenvalue weighted by Crippen LogP contribution is 2.50. The van der Waals surface area contributed by atoms with Crippen molar-refractivity contribution in [1.29, 1.82) is 0 Å². The normalized spacial score (nSPS) is 22.3. The van der Waals surface area contributed by atoms with E-state index in [1.54, 1.807) is 6.08 Å². The van der Waals surface area contributed by atoms with Gasteiger partial charge in [-0.15, -0.1) is 0 Å². The largest absolute Gasteiger partial charge is 0.488 e. The maximum Gasteiger partial charge on any atom is 0.235 e. The lowest BCUT2D eigenvalue weighted by Gasteiger charge is -2.33. The van der Waals surface area contributed by atoms with Crippen LogP contribution in [0.15, 0.2) is 23.2 Å². The third kappa shape index (κ3) is 1.85. The van der Waals surface area contributed by atoms with Gasteiger partial charge in [-0.25, -0.2) is 4.79 Å². The first-order chi connectivity index (χ1) is 8.55. The zero-order chi connectivity index (χ0) is 12.8. The number of fused-ring (bicyclic) bond motifs is 1. The second kappa shape index (κ2) is 3.69. The molecule has 0 spiro atoms. The monoisotopic (exact) mass is 243 g/mol. The minimum Gasteiger partial charge on any atom is -0.488 e. The van der Waals surface area contributed by atoms with Gasteiger partial charge < -0.3 is 4.74 Å². The molecule has 0 radical (unpaired) electrons. The van der Waals surface area contributed by atoms with Crippen molar-refractivity contribution in [2.75, 3.05) is 0 Å². The first-order valence-electron chi connectivity index (χ1n) is 6.46. The van der Waals surface area contributed by atoms with Crippen LogP contribution in [0.5, 0.6) is 5.75 Å². The van der Waals surface area contributed by atoms with Crippen LogP contribution in [0, 0.1) is 0 Å². The number of hydrogen-bond donors (Lipinski definition) is 0. The van der Waals surface area contributed by atoms with Gasteiger partial charge in [0.2, 0.25) is 6.08 Å². The number of aryl methyl sites for hydroxylation is 1. The lowest BCUT2D eigenvalue weighted by molar-refractivity contribution is 0.0846. The van der Waals surface area contributed by atoms with Crippen molar-refractivity contribution in [3.8, 4) is 5.75 Å². The summed E-state index contributed by atoms with van der Waals surface area (Å²) in [7, 11) is 0. The zero-order valence-corrected chi connectivity index (χ0v) is 10.8. The van der Waals surface area contributed by atoms with Crippen molar-refractivity contribution >= 4 is 6.08 Å². The van der Waals surface area contributed by atoms with Gasteiger partial charge in [0.25, 0.3) is 0 Å². The van der Waals surface area contributed by atoms with E-state index < -0.39 is 0 Å². The van der Waals surface area contributed by atoms with Crippen molar-refractivity contribution in [2.24, 2.45) is 4.99 Å². The van der Waals surface area contributed by atoms with E-state index in [0.29, 0.717) is 0 Å². The van der Waals surface area contributed by atoms with E-state index >= 15 is 0 Å². The molecular formula is C15H17NO2. The second-order valence-corrected chi connectivity index (χ2v) is 5.92. The highest BCUT2D eigenvalue weighted by molar-refractivity contribution is 5.46. The van der Waals surface area contributed by atoms with Crippen molar-refractivity contribution in [3.05, 3.63) is 29.3 Å². The summed E-state index contributed by atoms with van der Waals surface area (Å²) in [6, 6.07) is 6.21. The molecule has 0 amide bonds. The highest BCUT2D eigenvalue weighted by Gasteiger charge is 2.45. The summed E-state index contributed by atoms with van der Waals surface area (Å²) in [5.74, 6) is 0.973. The van der Waals surface area contributed by atoms with Crippen LogP contribution >= 0.6 is 0 Å². The molecule has 1 aliphatic carbocycles. The molecule has 2 aliphatic rings. The first kappa shape index (κ1) is 11.5. The van der Waals surface area contributed by atoms with Gasteiger partial charge in [-0.2, -0.15) is 4.99 Å². The third-order valence-electron chi connectivity index (χ3n) is 3.96. The predicted molar refractivity (Wildman–Crippen MR) is 68.5 cm³/mol. The zero-order valence-electron chi connectivity index (χ0n) is 10.8. The number of hydrogen-bond acceptors (Lipinski definition) is 3. The van der Waals surface area contributed by atoms with E-state index in [4.69, 9.17) is 4.74 Å². The first-order valence-corrected chi connectivity index (χ1v) is 6.46. The van der Waals surface area contributed by atoms with Crippen molar-refractivity contribution in [1.82, 2.24) is 0 Å². The Kier molecular flexibility index (Phi) is 2.36. The van der Waals surface area contributed by atoms with Gasteiger partial charge in [-0.3, -0.25) is 0 Å². The number of ether oxygens (including phenoxy) is 1. The Hall–Kier alpha value is -1.60. The van der Waals surface area contributed by atoms with E-state index in [9.17, 15) is 4.79 Å². The molecule has 0 saturated heterocycles. The molecule has 1 aromatic carbocycles. The van der Waals surface area contributed by atoms with Crippen LogP contribution in [0.25, 0.3) is 0 Å². The van der Waals surface area contributed by atoms with E-state index in [2.05, 4.69) is 24.9 Å². The number of benzene rings is 1. The number of isocyanates is 1. The molecular weight excluding hydrogens is 226 g/mol. The predicted octanol–water partition coefficient (Wildman–Crippen LogP) is 3.12. The van der Waals surface area contributed by atoms with E-state index in [1.807, 2.05) is 12.1 Å². The Morgan fingerprint density at radius 1 is 1.28 bits per heavy atom. The lowest BCUT2D eigenvalue weighted by atomic mass is 9.92. The fourth-order valence-electron chi connectivity index (χ4n) is 2.62. The molecule has 1 saturated carbocycles. The van der Waals surface area contributed by atoms with Gasteiger partial charge >= 0.3 is 0 Å². The molecule has 3 nitrogen and oxygen atoms in total. The number of aliphatic imine (C=N–C) groups is 1. The smallest absolute Gasteiger partial charge is 0.235 e. The molecule has 1 heterocycles. The molecule has 18 heavy (non-hydrogen) atoms. The Morgan fingerprint density at radius 2 is 2.06 bits per heavy atom. The summed E-state index contributed by atoms with van der Waals surface area (Å²) < 4.78 is 5.96. The average Bonchev–Trinajstić information content (AvgIpc) is 3.09. The number of rotatable bonds is 2. The van der Waals surface area contributed by atoms with Gasteiger partial charge in [-0.1, -0.05) is 6.07 Å². The summed E-state index contributed by atoms with van der Waals surface area (Å²) in [6.45, 7) is 4.23. The molecule has 1 aromatic rings. The minimum absolute atomic E-state index is 0.0767. The summed E-state index contributed by atoms with van der Waals surface area (Å²) in [4.78, 5) is 14.5. The summed E-state index contributed by atoms with van der Waals surface area (Å²) in [5, 5.41) is 0. The van der Waals surface area contributed by atoms with Gasteiger partial charge in [0.05, 0.1) is 5.54 Å². The molecule has 0 aromatic heterocycles. The molecule has 0 atom stereocenters. The molecule has 94 valence electrons. The number of carbonyl (C=O) groups excluding carboxylic acids is 1. The van der Waals surface area contributed by atoms with Crippen LogP contribution in [0.1, 0.15) is 44.2 Å². The van der Waals surface area contributed by atoms with Gasteiger partial charge in [-0.05, 0) is 62.8 Å². The Balaban J connectivity index is 1.96. The maximum absolute atomic E-state index is 10.5. The Labute approximate surface area is 107 Å². The fraction of sp³-hybridized carbons (Fsp3) is 0.533. The van der Waals surface area contributed by atoms with Crippen molar-refractivity contribution in [3.63, 3.8) is 0 Å². The van der Waals surface area contributed by atoms with Crippen molar-refractivity contribution < 1.29 is 9.53 Å². The number of nitrogens with zero attached hydrogens (tertiary/aromatic N) is 1. The average molecular weight is 243 g/mol. The maximum atomic E-state index is 10.5. The molecule has 1 aliphatic heterocycles. The molecule has 0 unspecified atom stereocenters. The van der Waals surface area contributed by atoms with Crippen molar-refractivity contribution in [2.45, 2.75) is 50.7 Å². The van der Waals surface area contributed by atoms with Crippen LogP contribution in [0.4, 0.5) is 0 Å². The molecule has 0 bridgehead atoms. The van der Waals surface area contributed by atoms with Crippen LogP contribution in [-0.4, -0.2) is 11.7 Å². The molecule has 1 fully saturated rings. The van der Waals surface area contributed by atoms with E-state index in [1.165, 1.54) is 5.56 Å². The van der Waals surface area contributed by atoms with E-state index in [-0.39, 0.29) is 11.1 Å². The van der Waals surface area contributed by atoms with Gasteiger partial charge in [0.15, 0.2) is 0 Å². The Morgan fingerprint density at radius 3 is 2.72 bits per heavy atom. The topological polar surface area (TPSA) is 38.7 Å². The standard InChI is InChI=1S/C15H17NO2/c1-14(2)6-5-11-9-12(3-4-13(11)18-14)15(7-8-15)16-10-17/h3-4,9H,5-8H2,1-2H3. The summed E-state index contributed by atoms with van der Waals surface area (Å²) in [5.41, 5.74) is 2.02. The molecule has 0 N–H and O–H groups in total. The van der Waals surface area contributed by atoms with Crippen LogP contribution in [0.3, 0.4) is 0 Å². The van der Waals surface area contributed by atoms with Crippen LogP contribution in [0.2, 0.25) is 0 Å². The quantitative estimate of drug-likeness (QED) is 0.591. The van der Waals surface area contributed by atoms with E-state index in [0.717, 1.165) is 37.0 Å². The second-order valence-electron chi connectivity index (χ2n) is 5.92. The lowest BCUT2D eigenvalue weighted by Crippen LogP contribution is -2.32. The fourth-order valence-corrected chi connectivity index (χ4v) is 2.62. The van der Waals surface area contributed by atoms with Crippen LogP contribution in [-0.2, 0) is 16.8 Å². The van der Waals surface area contributed by atoms with Gasteiger partial charge in [0.1, 0.15) is 11.4 Å². The summed E-state index contributed by atoms with van der Waals surface area (Å²) in [6.07, 6.45) is 5.66. The highest BCUT2D eigenvalue weighted by atomic mass is 16.5. The third-order valence-corrected chi connectivity index (χ3v) is 3.96. The van der Waals surface area contributed by atoms with Gasteiger partial charge in [0, 0.05) is 0 Å². The molecule has 3 rings (SSSR count). The molecule has 3 heteroatoms. The minimum atomic E-state index is -0.274.